The number of nitrogens with zero attached hydrogens (tertiary/aromatic N) is 12. The molecule has 0 fully saturated rings. The smallest absolute Gasteiger partial charge is 0.183 e. The predicted molar refractivity (Wildman–Crippen MR) is 592 cm³/mol. The first kappa shape index (κ1) is 86.1. The number of para-hydroxylation sites is 1. The molecule has 144 heavy (non-hydrogen) atoms. The molecule has 672 valence electrons. The van der Waals surface area contributed by atoms with Gasteiger partial charge in [-0.2, -0.15) is 0 Å². The van der Waals surface area contributed by atoms with Crippen molar-refractivity contribution in [2.45, 2.75) is 0 Å². The summed E-state index contributed by atoms with van der Waals surface area (Å²) in [5.74, 6) is 5.24. The Labute approximate surface area is 830 Å². The third-order valence-corrected chi connectivity index (χ3v) is 26.8. The molecule has 27 rings (SSSR count). The Balaban J connectivity index is 0.000000113. The van der Waals surface area contributed by atoms with Gasteiger partial charge in [0.2, 0.25) is 0 Å². The van der Waals surface area contributed by atoms with E-state index in [1.807, 2.05) is 54.6 Å². The van der Waals surface area contributed by atoms with Gasteiger partial charge in [0, 0.05) is 71.1 Å². The van der Waals surface area contributed by atoms with Crippen LogP contribution in [-0.2, 0) is 0 Å². The Hall–Kier alpha value is -19.6. The van der Waals surface area contributed by atoms with Crippen LogP contribution in [0.5, 0.6) is 0 Å². The molecule has 0 atom stereocenters. The van der Waals surface area contributed by atoms with Crippen molar-refractivity contribution in [2.24, 2.45) is 0 Å². The first-order valence-corrected chi connectivity index (χ1v) is 48.2. The number of hydrogen-bond acceptors (Lipinski definition) is 12. The van der Waals surface area contributed by atoms with Crippen molar-refractivity contribution >= 4 is 97.3 Å². The largest absolute Gasteiger partial charge is 0.244 e. The van der Waals surface area contributed by atoms with Gasteiger partial charge in [0.15, 0.2) is 52.4 Å². The lowest BCUT2D eigenvalue weighted by Crippen LogP contribution is -2.02. The van der Waals surface area contributed by atoms with E-state index in [4.69, 9.17) is 59.8 Å². The minimum atomic E-state index is 0.542. The van der Waals surface area contributed by atoms with Crippen molar-refractivity contribution in [1.29, 1.82) is 0 Å². The highest BCUT2D eigenvalue weighted by atomic mass is 15.1. The molecule has 0 saturated carbocycles. The van der Waals surface area contributed by atoms with Crippen LogP contribution in [0.2, 0.25) is 0 Å². The standard InChI is InChI=1S/3C44H28N4/c1-3-11-29(12-4-1)31-19-23-33(24-20-31)42-46-43(34-25-21-32(22-26-34)30-13-5-2-6-14-30)48-44(47-42)41-39-28-36-16-8-7-15-35(36)27-38(39)37-17-9-10-18-40(37)45-41;1-3-11-29(12-4-1)31-19-23-33(24-20-31)42-46-43(34-25-21-32(22-26-34)30-13-5-2-6-14-30)48-44(47-42)41-38-18-10-9-17-37(38)39-27-35-15-7-8-16-36(35)28-40(39)45-41;1-3-11-29(12-4-1)31-19-23-34(24-20-31)42-46-43(35-25-21-32(22-26-35)30-13-5-2-6-14-30)48-44(47-42)41-38-18-10-9-17-37(38)39-28-27-33-15-7-8-16-36(33)40(39)45-41/h3*1-28H. The molecule has 6 heterocycles. The fourth-order valence-corrected chi connectivity index (χ4v) is 19.4. The molecule has 0 aliphatic heterocycles. The molecule has 0 N–H and O–H groups in total. The average molecular weight is 1840 g/mol. The summed E-state index contributed by atoms with van der Waals surface area (Å²) in [4.78, 5) is 61.6. The van der Waals surface area contributed by atoms with Crippen molar-refractivity contribution in [1.82, 2.24) is 59.8 Å². The first-order valence-electron chi connectivity index (χ1n) is 48.2. The molecule has 0 spiro atoms. The van der Waals surface area contributed by atoms with Crippen molar-refractivity contribution in [3.63, 3.8) is 0 Å². The maximum Gasteiger partial charge on any atom is 0.183 e. The van der Waals surface area contributed by atoms with E-state index in [2.05, 4.69) is 455 Å². The van der Waals surface area contributed by atoms with Gasteiger partial charge in [-0.1, -0.05) is 479 Å². The molecular weight excluding hydrogens is 1750 g/mol. The van der Waals surface area contributed by atoms with Gasteiger partial charge in [0.1, 0.15) is 17.1 Å². The summed E-state index contributed by atoms with van der Waals surface area (Å²) in [6.07, 6.45) is 0. The van der Waals surface area contributed by atoms with E-state index < -0.39 is 0 Å². The second-order valence-electron chi connectivity index (χ2n) is 35.7. The number of aromatic nitrogens is 12. The summed E-state index contributed by atoms with van der Waals surface area (Å²) in [6.45, 7) is 0. The molecule has 27 aromatic rings. The van der Waals surface area contributed by atoms with E-state index in [-0.39, 0.29) is 0 Å². The van der Waals surface area contributed by atoms with Crippen LogP contribution in [-0.4, -0.2) is 59.8 Å². The highest BCUT2D eigenvalue weighted by Gasteiger charge is 2.25. The molecule has 0 amide bonds. The van der Waals surface area contributed by atoms with E-state index in [0.29, 0.717) is 52.4 Å². The van der Waals surface area contributed by atoms with E-state index in [9.17, 15) is 0 Å². The highest BCUT2D eigenvalue weighted by molar-refractivity contribution is 6.19. The number of hydrogen-bond donors (Lipinski definition) is 0. The summed E-state index contributed by atoms with van der Waals surface area (Å²) in [7, 11) is 0. The molecule has 0 bridgehead atoms. The van der Waals surface area contributed by atoms with Gasteiger partial charge in [-0.3, -0.25) is 0 Å². The molecule has 0 aliphatic rings. The SMILES string of the molecule is c1ccc(-c2ccc(-c3nc(-c4ccc(-c5ccccc5)cc4)nc(-c4nc5c6ccccc6ccc5c5ccccc45)n3)cc2)cc1.c1ccc(-c2ccc(-c3nc(-c4ccc(-c5ccccc5)cc4)nc(-c4nc5cc6ccccc6cc5c5ccccc45)n3)cc2)cc1.c1ccc(-c2ccc(-c3nc(-c4ccc(-c5ccccc5)cc4)nc(-c4nc5ccccc5c5cc6ccccc6cc45)n3)cc2)cc1. The zero-order chi connectivity index (χ0) is 95.6. The molecule has 21 aromatic carbocycles. The number of benzene rings is 21. The van der Waals surface area contributed by atoms with Crippen LogP contribution in [0, 0.1) is 0 Å². The van der Waals surface area contributed by atoms with Crippen LogP contribution in [0.15, 0.2) is 510 Å². The molecule has 6 aromatic heterocycles. The Morgan fingerprint density at radius 1 is 0.0972 bits per heavy atom. The minimum absolute atomic E-state index is 0.542. The van der Waals surface area contributed by atoms with E-state index in [0.717, 1.165) is 170 Å². The van der Waals surface area contributed by atoms with Crippen molar-refractivity contribution in [3.8, 4) is 170 Å². The quantitative estimate of drug-likeness (QED) is 0.0709. The van der Waals surface area contributed by atoms with Gasteiger partial charge >= 0.3 is 0 Å². The monoisotopic (exact) mass is 1840 g/mol. The minimum Gasteiger partial charge on any atom is -0.244 e. The van der Waals surface area contributed by atoms with Crippen LogP contribution in [0.3, 0.4) is 0 Å². The van der Waals surface area contributed by atoms with Gasteiger partial charge in [0.05, 0.1) is 16.6 Å². The van der Waals surface area contributed by atoms with E-state index in [1.54, 1.807) is 0 Å². The zero-order valence-electron chi connectivity index (χ0n) is 77.9. The predicted octanol–water partition coefficient (Wildman–Crippen LogP) is 33.2. The van der Waals surface area contributed by atoms with Crippen LogP contribution in [0.1, 0.15) is 0 Å². The summed E-state index contributed by atoms with van der Waals surface area (Å²) in [6, 6.07) is 176. The third kappa shape index (κ3) is 17.3. The first-order chi connectivity index (χ1) is 71.3. The second-order valence-corrected chi connectivity index (χ2v) is 35.7. The van der Waals surface area contributed by atoms with Crippen molar-refractivity contribution < 1.29 is 0 Å². The van der Waals surface area contributed by atoms with Crippen LogP contribution >= 0.6 is 0 Å². The molecule has 0 unspecified atom stereocenters. The van der Waals surface area contributed by atoms with Crippen molar-refractivity contribution in [2.75, 3.05) is 0 Å². The van der Waals surface area contributed by atoms with Crippen LogP contribution in [0.4, 0.5) is 0 Å². The maximum atomic E-state index is 5.33. The Kier molecular flexibility index (Phi) is 22.8. The number of fused-ring (bicyclic) bond motifs is 13. The normalized spacial score (nSPS) is 11.3. The maximum absolute atomic E-state index is 5.33. The lowest BCUT2D eigenvalue weighted by Gasteiger charge is -2.13. The molecule has 0 radical (unpaired) electrons. The van der Waals surface area contributed by atoms with Gasteiger partial charge < -0.3 is 0 Å². The number of pyridine rings is 3. The van der Waals surface area contributed by atoms with E-state index in [1.165, 1.54) is 44.2 Å². The summed E-state index contributed by atoms with van der Waals surface area (Å²) >= 11 is 0. The van der Waals surface area contributed by atoms with Gasteiger partial charge in [-0.05, 0) is 140 Å². The highest BCUT2D eigenvalue weighted by Crippen LogP contribution is 2.43. The second kappa shape index (κ2) is 38.1. The molecular formula is C132H84N12. The zero-order valence-corrected chi connectivity index (χ0v) is 77.9. The van der Waals surface area contributed by atoms with Crippen LogP contribution < -0.4 is 0 Å². The fraction of sp³-hybridized carbons (Fsp3) is 0. The average Bonchev–Trinajstić information content (AvgIpc) is 0.751. The van der Waals surface area contributed by atoms with E-state index >= 15 is 0 Å². The topological polar surface area (TPSA) is 155 Å². The van der Waals surface area contributed by atoms with Crippen LogP contribution in [0.25, 0.3) is 267 Å². The van der Waals surface area contributed by atoms with Gasteiger partial charge in [-0.15, -0.1) is 0 Å². The lowest BCUT2D eigenvalue weighted by atomic mass is 9.99. The summed E-state index contributed by atoms with van der Waals surface area (Å²) in [5, 5.41) is 16.6. The lowest BCUT2D eigenvalue weighted by molar-refractivity contribution is 1.07. The Bertz CT molecular complexity index is 8920. The summed E-state index contributed by atoms with van der Waals surface area (Å²) < 4.78 is 0. The molecule has 12 nitrogen and oxygen atoms in total. The molecule has 0 aliphatic carbocycles. The molecule has 0 saturated heterocycles. The van der Waals surface area contributed by atoms with Gasteiger partial charge in [-0.25, -0.2) is 59.8 Å². The van der Waals surface area contributed by atoms with Crippen molar-refractivity contribution in [3.05, 3.63) is 510 Å². The molecule has 12 heteroatoms. The Morgan fingerprint density at radius 2 is 0.319 bits per heavy atom. The third-order valence-electron chi connectivity index (χ3n) is 26.8. The summed E-state index contributed by atoms with van der Waals surface area (Å²) in [5.41, 5.74) is 24.3. The Morgan fingerprint density at radius 3 is 0.660 bits per heavy atom. The van der Waals surface area contributed by atoms with Gasteiger partial charge in [0.25, 0.3) is 0 Å². The fourth-order valence-electron chi connectivity index (χ4n) is 19.4. The number of rotatable bonds is 15.